The van der Waals surface area contributed by atoms with Crippen LogP contribution in [0.25, 0.3) is 0 Å². The predicted molar refractivity (Wildman–Crippen MR) is 59.6 cm³/mol. The fraction of sp³-hybridized carbons (Fsp3) is 1.00. The molecule has 0 radical (unpaired) electrons. The summed E-state index contributed by atoms with van der Waals surface area (Å²) >= 11 is 0. The molecular formula is C11H24N2O. The second-order valence-corrected chi connectivity index (χ2v) is 4.25. The summed E-state index contributed by atoms with van der Waals surface area (Å²) in [4.78, 5) is 0. The first kappa shape index (κ1) is 12.0. The molecule has 84 valence electrons. The van der Waals surface area contributed by atoms with Gasteiger partial charge in [-0.15, -0.1) is 0 Å². The Morgan fingerprint density at radius 2 is 2.00 bits per heavy atom. The number of hydrogen-bond donors (Lipinski definition) is 2. The van der Waals surface area contributed by atoms with Gasteiger partial charge in [0.2, 0.25) is 0 Å². The summed E-state index contributed by atoms with van der Waals surface area (Å²) in [5.74, 6) is 0. The zero-order valence-electron chi connectivity index (χ0n) is 9.51. The molecule has 1 fully saturated rings. The summed E-state index contributed by atoms with van der Waals surface area (Å²) in [6, 6.07) is 0.834. The van der Waals surface area contributed by atoms with Crippen molar-refractivity contribution in [1.82, 2.24) is 10.6 Å². The summed E-state index contributed by atoms with van der Waals surface area (Å²) < 4.78 is 5.44. The number of nitrogens with one attached hydrogen (secondary N) is 2. The summed E-state index contributed by atoms with van der Waals surface area (Å²) in [7, 11) is 0. The highest BCUT2D eigenvalue weighted by Crippen LogP contribution is 2.17. The van der Waals surface area contributed by atoms with Crippen LogP contribution in [0.4, 0.5) is 0 Å². The Labute approximate surface area is 87.6 Å². The molecule has 0 heterocycles. The van der Waals surface area contributed by atoms with E-state index in [9.17, 15) is 0 Å². The van der Waals surface area contributed by atoms with Crippen LogP contribution in [0.15, 0.2) is 0 Å². The van der Waals surface area contributed by atoms with Gasteiger partial charge >= 0.3 is 0 Å². The summed E-state index contributed by atoms with van der Waals surface area (Å²) in [6.07, 6.45) is 4.23. The predicted octanol–water partition coefficient (Wildman–Crippen LogP) is 1.14. The van der Waals surface area contributed by atoms with Crippen LogP contribution in [0.5, 0.6) is 0 Å². The second-order valence-electron chi connectivity index (χ2n) is 4.25. The lowest BCUT2D eigenvalue weighted by molar-refractivity contribution is 0.0771. The smallest absolute Gasteiger partial charge is 0.0518 e. The third-order valence-corrected chi connectivity index (χ3v) is 2.26. The van der Waals surface area contributed by atoms with Gasteiger partial charge in [-0.1, -0.05) is 0 Å². The first-order valence-electron chi connectivity index (χ1n) is 5.84. The van der Waals surface area contributed by atoms with Gasteiger partial charge in [-0.2, -0.15) is 0 Å². The number of hydrogen-bond acceptors (Lipinski definition) is 3. The molecule has 3 heteroatoms. The van der Waals surface area contributed by atoms with Crippen LogP contribution in [0.2, 0.25) is 0 Å². The Kier molecular flexibility index (Phi) is 6.15. The zero-order valence-corrected chi connectivity index (χ0v) is 9.51. The van der Waals surface area contributed by atoms with E-state index in [4.69, 9.17) is 4.74 Å². The molecule has 1 aliphatic carbocycles. The summed E-state index contributed by atoms with van der Waals surface area (Å²) in [6.45, 7) is 8.29. The van der Waals surface area contributed by atoms with Gasteiger partial charge in [0, 0.05) is 25.7 Å². The quantitative estimate of drug-likeness (QED) is 0.548. The molecule has 0 aromatic rings. The Hall–Kier alpha value is -0.120. The fourth-order valence-corrected chi connectivity index (χ4v) is 1.29. The molecule has 3 nitrogen and oxygen atoms in total. The molecule has 1 aliphatic rings. The van der Waals surface area contributed by atoms with Crippen LogP contribution in [-0.2, 0) is 4.74 Å². The van der Waals surface area contributed by atoms with E-state index in [-0.39, 0.29) is 0 Å². The Morgan fingerprint density at radius 3 is 2.64 bits per heavy atom. The van der Waals surface area contributed by atoms with E-state index in [1.165, 1.54) is 12.8 Å². The maximum atomic E-state index is 5.44. The molecule has 2 N–H and O–H groups in total. The Bertz CT molecular complexity index is 127. The normalized spacial score (nSPS) is 16.5. The van der Waals surface area contributed by atoms with E-state index in [1.54, 1.807) is 0 Å². The minimum atomic E-state index is 0.367. The monoisotopic (exact) mass is 200 g/mol. The number of ether oxygens (including phenoxy) is 1. The molecule has 0 aliphatic heterocycles. The third kappa shape index (κ3) is 7.30. The Balaban J connectivity index is 1.66. The van der Waals surface area contributed by atoms with Crippen molar-refractivity contribution < 1.29 is 4.74 Å². The summed E-state index contributed by atoms with van der Waals surface area (Å²) in [5.41, 5.74) is 0. The molecule has 0 aromatic carbocycles. The maximum Gasteiger partial charge on any atom is 0.0518 e. The SMILES string of the molecule is CC(C)OCCCNCCNC1CC1. The highest BCUT2D eigenvalue weighted by atomic mass is 16.5. The first-order chi connectivity index (χ1) is 6.79. The average Bonchev–Trinajstić information content (AvgIpc) is 2.92. The van der Waals surface area contributed by atoms with Crippen molar-refractivity contribution in [2.24, 2.45) is 0 Å². The van der Waals surface area contributed by atoms with Gasteiger partial charge in [-0.3, -0.25) is 0 Å². The van der Waals surface area contributed by atoms with Crippen LogP contribution >= 0.6 is 0 Å². The van der Waals surface area contributed by atoms with Crippen molar-refractivity contribution in [1.29, 1.82) is 0 Å². The van der Waals surface area contributed by atoms with Gasteiger partial charge in [0.25, 0.3) is 0 Å². The van der Waals surface area contributed by atoms with E-state index < -0.39 is 0 Å². The van der Waals surface area contributed by atoms with Crippen molar-refractivity contribution in [3.05, 3.63) is 0 Å². The fourth-order valence-electron chi connectivity index (χ4n) is 1.29. The molecule has 1 saturated carbocycles. The van der Waals surface area contributed by atoms with E-state index in [1.807, 2.05) is 0 Å². The first-order valence-corrected chi connectivity index (χ1v) is 5.84. The van der Waals surface area contributed by atoms with E-state index in [2.05, 4.69) is 24.5 Å². The van der Waals surface area contributed by atoms with E-state index in [0.717, 1.165) is 38.7 Å². The van der Waals surface area contributed by atoms with Crippen LogP contribution < -0.4 is 10.6 Å². The van der Waals surface area contributed by atoms with Crippen LogP contribution in [0.1, 0.15) is 33.1 Å². The van der Waals surface area contributed by atoms with Crippen molar-refractivity contribution in [3.63, 3.8) is 0 Å². The lowest BCUT2D eigenvalue weighted by Gasteiger charge is -2.08. The molecular weight excluding hydrogens is 176 g/mol. The van der Waals surface area contributed by atoms with Gasteiger partial charge < -0.3 is 15.4 Å². The van der Waals surface area contributed by atoms with Crippen molar-refractivity contribution in [3.8, 4) is 0 Å². The number of rotatable bonds is 9. The van der Waals surface area contributed by atoms with Crippen molar-refractivity contribution in [2.45, 2.75) is 45.3 Å². The van der Waals surface area contributed by atoms with Gasteiger partial charge in [0.1, 0.15) is 0 Å². The molecule has 0 amide bonds. The zero-order chi connectivity index (χ0) is 10.2. The molecule has 14 heavy (non-hydrogen) atoms. The van der Waals surface area contributed by atoms with Crippen LogP contribution in [0.3, 0.4) is 0 Å². The molecule has 0 saturated heterocycles. The van der Waals surface area contributed by atoms with Gasteiger partial charge in [-0.05, 0) is 39.7 Å². The summed E-state index contributed by atoms with van der Waals surface area (Å²) in [5, 5.41) is 6.87. The largest absolute Gasteiger partial charge is 0.379 e. The highest BCUT2D eigenvalue weighted by molar-refractivity contribution is 4.80. The lowest BCUT2D eigenvalue weighted by atomic mass is 10.4. The van der Waals surface area contributed by atoms with E-state index in [0.29, 0.717) is 6.10 Å². The molecule has 0 unspecified atom stereocenters. The van der Waals surface area contributed by atoms with Crippen molar-refractivity contribution >= 4 is 0 Å². The van der Waals surface area contributed by atoms with Crippen molar-refractivity contribution in [2.75, 3.05) is 26.2 Å². The van der Waals surface area contributed by atoms with Crippen LogP contribution in [0, 0.1) is 0 Å². The molecule has 0 aromatic heterocycles. The minimum Gasteiger partial charge on any atom is -0.379 e. The van der Waals surface area contributed by atoms with Gasteiger partial charge in [0.15, 0.2) is 0 Å². The molecule has 1 rings (SSSR count). The lowest BCUT2D eigenvalue weighted by Crippen LogP contribution is -2.29. The molecule has 0 atom stereocenters. The third-order valence-electron chi connectivity index (χ3n) is 2.26. The van der Waals surface area contributed by atoms with Gasteiger partial charge in [-0.25, -0.2) is 0 Å². The maximum absolute atomic E-state index is 5.44. The Morgan fingerprint density at radius 1 is 1.21 bits per heavy atom. The van der Waals surface area contributed by atoms with Crippen LogP contribution in [-0.4, -0.2) is 38.4 Å². The molecule has 0 spiro atoms. The standard InChI is InChI=1S/C11H24N2O/c1-10(2)14-9-3-6-12-7-8-13-11-4-5-11/h10-13H,3-9H2,1-2H3. The minimum absolute atomic E-state index is 0.367. The highest BCUT2D eigenvalue weighted by Gasteiger charge is 2.19. The molecule has 0 bridgehead atoms. The second kappa shape index (κ2) is 7.21. The topological polar surface area (TPSA) is 33.3 Å². The average molecular weight is 200 g/mol. The van der Waals surface area contributed by atoms with E-state index >= 15 is 0 Å². The van der Waals surface area contributed by atoms with Gasteiger partial charge in [0.05, 0.1) is 6.10 Å².